The zero-order valence-corrected chi connectivity index (χ0v) is 13.3. The van der Waals surface area contributed by atoms with Crippen molar-refractivity contribution in [1.82, 2.24) is 0 Å². The Kier molecular flexibility index (Phi) is 4.41. The highest BCUT2D eigenvalue weighted by Crippen LogP contribution is 2.35. The molecule has 1 aliphatic carbocycles. The van der Waals surface area contributed by atoms with Gasteiger partial charge in [-0.05, 0) is 70.4 Å². The molecule has 0 amide bonds. The minimum atomic E-state index is -0.427. The summed E-state index contributed by atoms with van der Waals surface area (Å²) < 4.78 is 13.7. The van der Waals surface area contributed by atoms with Crippen LogP contribution in [0.25, 0.3) is 0 Å². The van der Waals surface area contributed by atoms with Gasteiger partial charge in [-0.25, -0.2) is 4.39 Å². The minimum absolute atomic E-state index is 0.179. The summed E-state index contributed by atoms with van der Waals surface area (Å²) in [4.78, 5) is 0. The maximum absolute atomic E-state index is 13.3. The molecular formula is C18H18BrFO. The van der Waals surface area contributed by atoms with Crippen molar-refractivity contribution in [2.75, 3.05) is 0 Å². The Labute approximate surface area is 132 Å². The molecule has 0 aromatic heterocycles. The highest BCUT2D eigenvalue weighted by molar-refractivity contribution is 9.10. The van der Waals surface area contributed by atoms with E-state index < -0.39 is 6.10 Å². The standard InChI is InChI=1S/C18H18BrFO/c19-16-10-12(8-9-17(16)20)11-18(21)15-7-3-5-13-4-1-2-6-14(13)15/h1-2,4,6,8-10,15,18,21H,3,5,7,11H2. The van der Waals surface area contributed by atoms with Crippen molar-refractivity contribution < 1.29 is 9.50 Å². The third-order valence-electron chi connectivity index (χ3n) is 4.31. The molecule has 0 aliphatic heterocycles. The third-order valence-corrected chi connectivity index (χ3v) is 4.92. The van der Waals surface area contributed by atoms with Crippen LogP contribution in [-0.2, 0) is 12.8 Å². The lowest BCUT2D eigenvalue weighted by Crippen LogP contribution is -2.25. The monoisotopic (exact) mass is 348 g/mol. The summed E-state index contributed by atoms with van der Waals surface area (Å²) in [6, 6.07) is 13.3. The second kappa shape index (κ2) is 6.29. The summed E-state index contributed by atoms with van der Waals surface area (Å²) in [5.74, 6) is -0.0879. The molecule has 2 aromatic rings. The van der Waals surface area contributed by atoms with Gasteiger partial charge in [0.1, 0.15) is 5.82 Å². The molecule has 0 saturated carbocycles. The van der Waals surface area contributed by atoms with Gasteiger partial charge in [0, 0.05) is 5.92 Å². The molecule has 0 heterocycles. The van der Waals surface area contributed by atoms with Crippen LogP contribution in [0, 0.1) is 5.82 Å². The van der Waals surface area contributed by atoms with Gasteiger partial charge in [0.15, 0.2) is 0 Å². The van der Waals surface area contributed by atoms with Crippen molar-refractivity contribution in [3.05, 3.63) is 69.4 Å². The van der Waals surface area contributed by atoms with Gasteiger partial charge < -0.3 is 5.11 Å². The van der Waals surface area contributed by atoms with Crippen LogP contribution in [0.4, 0.5) is 4.39 Å². The van der Waals surface area contributed by atoms with E-state index in [1.165, 1.54) is 17.2 Å². The van der Waals surface area contributed by atoms with Gasteiger partial charge in [-0.15, -0.1) is 0 Å². The second-order valence-electron chi connectivity index (χ2n) is 5.72. The molecule has 1 nitrogen and oxygen atoms in total. The van der Waals surface area contributed by atoms with Crippen molar-refractivity contribution in [3.8, 4) is 0 Å². The van der Waals surface area contributed by atoms with Crippen LogP contribution in [0.5, 0.6) is 0 Å². The van der Waals surface area contributed by atoms with Gasteiger partial charge in [-0.1, -0.05) is 30.3 Å². The molecule has 3 heteroatoms. The first-order valence-electron chi connectivity index (χ1n) is 7.35. The van der Waals surface area contributed by atoms with Crippen LogP contribution in [0.1, 0.15) is 35.4 Å². The van der Waals surface area contributed by atoms with Crippen molar-refractivity contribution in [3.63, 3.8) is 0 Å². The minimum Gasteiger partial charge on any atom is -0.392 e. The predicted octanol–water partition coefficient (Wildman–Crippen LogP) is 4.61. The maximum Gasteiger partial charge on any atom is 0.137 e. The number of hydrogen-bond acceptors (Lipinski definition) is 1. The van der Waals surface area contributed by atoms with Crippen LogP contribution in [0.2, 0.25) is 0 Å². The maximum atomic E-state index is 13.3. The highest BCUT2D eigenvalue weighted by Gasteiger charge is 2.26. The van der Waals surface area contributed by atoms with E-state index in [1.54, 1.807) is 12.1 Å². The quantitative estimate of drug-likeness (QED) is 0.858. The van der Waals surface area contributed by atoms with E-state index in [-0.39, 0.29) is 11.7 Å². The predicted molar refractivity (Wildman–Crippen MR) is 85.9 cm³/mol. The lowest BCUT2D eigenvalue weighted by molar-refractivity contribution is 0.134. The van der Waals surface area contributed by atoms with E-state index in [9.17, 15) is 9.50 Å². The molecule has 1 aliphatic rings. The number of aliphatic hydroxyl groups excluding tert-OH is 1. The largest absolute Gasteiger partial charge is 0.392 e. The molecule has 2 unspecified atom stereocenters. The lowest BCUT2D eigenvalue weighted by atomic mass is 9.78. The zero-order valence-electron chi connectivity index (χ0n) is 11.7. The van der Waals surface area contributed by atoms with Crippen LogP contribution in [0.3, 0.4) is 0 Å². The molecule has 110 valence electrons. The van der Waals surface area contributed by atoms with E-state index in [0.717, 1.165) is 24.8 Å². The third kappa shape index (κ3) is 3.19. The number of aliphatic hydroxyl groups is 1. The van der Waals surface area contributed by atoms with Gasteiger partial charge in [0.2, 0.25) is 0 Å². The Morgan fingerprint density at radius 3 is 2.86 bits per heavy atom. The molecule has 0 saturated heterocycles. The Balaban J connectivity index is 1.80. The van der Waals surface area contributed by atoms with E-state index in [2.05, 4.69) is 34.1 Å². The first-order valence-corrected chi connectivity index (χ1v) is 8.14. The first kappa shape index (κ1) is 14.7. The van der Waals surface area contributed by atoms with Crippen molar-refractivity contribution in [2.45, 2.75) is 37.7 Å². The molecular weight excluding hydrogens is 331 g/mol. The molecule has 1 N–H and O–H groups in total. The average Bonchev–Trinajstić information content (AvgIpc) is 2.50. The van der Waals surface area contributed by atoms with E-state index in [1.807, 2.05) is 6.07 Å². The number of benzene rings is 2. The Bertz CT molecular complexity index is 641. The Morgan fingerprint density at radius 2 is 2.05 bits per heavy atom. The smallest absolute Gasteiger partial charge is 0.137 e. The molecule has 0 spiro atoms. The number of rotatable bonds is 3. The van der Waals surface area contributed by atoms with Gasteiger partial charge in [0.05, 0.1) is 10.6 Å². The molecule has 0 fully saturated rings. The summed E-state index contributed by atoms with van der Waals surface area (Å²) in [7, 11) is 0. The lowest BCUT2D eigenvalue weighted by Gasteiger charge is -2.29. The van der Waals surface area contributed by atoms with Crippen LogP contribution >= 0.6 is 15.9 Å². The number of hydrogen-bond donors (Lipinski definition) is 1. The summed E-state index contributed by atoms with van der Waals surface area (Å²) in [5.41, 5.74) is 3.59. The van der Waals surface area contributed by atoms with E-state index in [4.69, 9.17) is 0 Å². The molecule has 2 aromatic carbocycles. The SMILES string of the molecule is OC(Cc1ccc(F)c(Br)c1)C1CCCc2ccccc21. The van der Waals surface area contributed by atoms with Gasteiger partial charge in [-0.3, -0.25) is 0 Å². The van der Waals surface area contributed by atoms with Gasteiger partial charge in [0.25, 0.3) is 0 Å². The fourth-order valence-corrected chi connectivity index (χ4v) is 3.67. The second-order valence-corrected chi connectivity index (χ2v) is 6.57. The number of aryl methyl sites for hydroxylation is 1. The van der Waals surface area contributed by atoms with Crippen LogP contribution in [-0.4, -0.2) is 11.2 Å². The van der Waals surface area contributed by atoms with Crippen molar-refractivity contribution >= 4 is 15.9 Å². The summed E-state index contributed by atoms with van der Waals surface area (Å²) >= 11 is 3.20. The number of halogens is 2. The molecule has 0 radical (unpaired) electrons. The summed E-state index contributed by atoms with van der Waals surface area (Å²) in [5, 5.41) is 10.6. The molecule has 3 rings (SSSR count). The van der Waals surface area contributed by atoms with Crippen LogP contribution in [0.15, 0.2) is 46.9 Å². The van der Waals surface area contributed by atoms with Gasteiger partial charge >= 0.3 is 0 Å². The Morgan fingerprint density at radius 1 is 1.24 bits per heavy atom. The Hall–Kier alpha value is -1.19. The molecule has 0 bridgehead atoms. The topological polar surface area (TPSA) is 20.2 Å². The average molecular weight is 349 g/mol. The fraction of sp³-hybridized carbons (Fsp3) is 0.333. The normalized spacial score (nSPS) is 19.1. The number of fused-ring (bicyclic) bond motifs is 1. The molecule has 2 atom stereocenters. The zero-order chi connectivity index (χ0) is 14.8. The fourth-order valence-electron chi connectivity index (χ4n) is 3.24. The van der Waals surface area contributed by atoms with E-state index in [0.29, 0.717) is 10.9 Å². The first-order chi connectivity index (χ1) is 10.1. The van der Waals surface area contributed by atoms with Crippen LogP contribution < -0.4 is 0 Å². The summed E-state index contributed by atoms with van der Waals surface area (Å²) in [6.45, 7) is 0. The molecule has 21 heavy (non-hydrogen) atoms. The summed E-state index contributed by atoms with van der Waals surface area (Å²) in [6.07, 6.45) is 3.36. The van der Waals surface area contributed by atoms with Gasteiger partial charge in [-0.2, -0.15) is 0 Å². The highest BCUT2D eigenvalue weighted by atomic mass is 79.9. The van der Waals surface area contributed by atoms with E-state index >= 15 is 0 Å². The van der Waals surface area contributed by atoms with Crippen molar-refractivity contribution in [1.29, 1.82) is 0 Å². The van der Waals surface area contributed by atoms with Crippen molar-refractivity contribution in [2.24, 2.45) is 0 Å².